The average Bonchev–Trinajstić information content (AvgIpc) is 3.04. The zero-order valence-corrected chi connectivity index (χ0v) is 12.7. The highest BCUT2D eigenvalue weighted by atomic mass is 16.5. The number of benzene rings is 2. The van der Waals surface area contributed by atoms with Gasteiger partial charge in [0.15, 0.2) is 5.76 Å². The van der Waals surface area contributed by atoms with Crippen molar-refractivity contribution < 1.29 is 14.1 Å². The van der Waals surface area contributed by atoms with Gasteiger partial charge in [-0.15, -0.1) is 0 Å². The number of carbonyl (C=O) groups is 2. The van der Waals surface area contributed by atoms with Gasteiger partial charge in [0.05, 0.1) is 12.1 Å². The number of primary amides is 1. The van der Waals surface area contributed by atoms with Crippen LogP contribution in [0.4, 0.5) is 5.69 Å². The Bertz CT molecular complexity index is 855. The highest BCUT2D eigenvalue weighted by Gasteiger charge is 2.11. The van der Waals surface area contributed by atoms with E-state index in [1.54, 1.807) is 30.3 Å². The smallest absolute Gasteiger partial charge is 0.248 e. The van der Waals surface area contributed by atoms with E-state index in [0.29, 0.717) is 22.7 Å². The van der Waals surface area contributed by atoms with Crippen LogP contribution in [0.1, 0.15) is 16.1 Å². The third kappa shape index (κ3) is 3.67. The summed E-state index contributed by atoms with van der Waals surface area (Å²) >= 11 is 0. The first-order valence-corrected chi connectivity index (χ1v) is 7.32. The fraction of sp³-hybridized carbons (Fsp3) is 0.0556. The number of carbonyl (C=O) groups excluding carboxylic acids is 2. The molecule has 6 heteroatoms. The maximum Gasteiger partial charge on any atom is 0.248 e. The first kappa shape index (κ1) is 15.5. The number of amides is 2. The maximum atomic E-state index is 12.1. The fourth-order valence-electron chi connectivity index (χ4n) is 2.22. The van der Waals surface area contributed by atoms with Crippen molar-refractivity contribution in [3.63, 3.8) is 0 Å². The Balaban J connectivity index is 1.63. The van der Waals surface area contributed by atoms with Crippen LogP contribution >= 0.6 is 0 Å². The summed E-state index contributed by atoms with van der Waals surface area (Å²) in [6.45, 7) is 0. The van der Waals surface area contributed by atoms with Crippen LogP contribution in [-0.2, 0) is 11.2 Å². The van der Waals surface area contributed by atoms with E-state index in [2.05, 4.69) is 10.5 Å². The van der Waals surface area contributed by atoms with E-state index in [1.807, 2.05) is 30.3 Å². The Labute approximate surface area is 138 Å². The second kappa shape index (κ2) is 6.78. The monoisotopic (exact) mass is 321 g/mol. The molecule has 0 fully saturated rings. The molecule has 3 aromatic rings. The number of anilines is 1. The number of nitrogens with zero attached hydrogens (tertiary/aromatic N) is 1. The van der Waals surface area contributed by atoms with Gasteiger partial charge in [-0.1, -0.05) is 35.5 Å². The molecule has 0 aliphatic rings. The minimum Gasteiger partial charge on any atom is -0.366 e. The van der Waals surface area contributed by atoms with Gasteiger partial charge in [0, 0.05) is 22.9 Å². The number of hydrogen-bond donors (Lipinski definition) is 2. The van der Waals surface area contributed by atoms with Gasteiger partial charge in [0.2, 0.25) is 11.8 Å². The van der Waals surface area contributed by atoms with Crippen molar-refractivity contribution in [3.8, 4) is 11.3 Å². The van der Waals surface area contributed by atoms with Gasteiger partial charge in [-0.2, -0.15) is 0 Å². The van der Waals surface area contributed by atoms with Gasteiger partial charge in [-0.3, -0.25) is 9.59 Å². The van der Waals surface area contributed by atoms with Crippen LogP contribution in [0.3, 0.4) is 0 Å². The number of nitrogens with two attached hydrogens (primary N) is 1. The molecule has 0 aliphatic heterocycles. The molecule has 0 bridgehead atoms. The molecule has 0 aliphatic carbocycles. The van der Waals surface area contributed by atoms with Gasteiger partial charge in [-0.25, -0.2) is 0 Å². The van der Waals surface area contributed by atoms with Crippen molar-refractivity contribution in [2.75, 3.05) is 5.32 Å². The lowest BCUT2D eigenvalue weighted by atomic mass is 10.1. The van der Waals surface area contributed by atoms with Crippen molar-refractivity contribution in [2.24, 2.45) is 5.73 Å². The summed E-state index contributed by atoms with van der Waals surface area (Å²) in [7, 11) is 0. The Hall–Kier alpha value is -3.41. The number of hydrogen-bond acceptors (Lipinski definition) is 4. The number of aromatic nitrogens is 1. The first-order chi connectivity index (χ1) is 11.6. The molecule has 1 aromatic heterocycles. The Morgan fingerprint density at radius 1 is 1.04 bits per heavy atom. The topological polar surface area (TPSA) is 98.2 Å². The van der Waals surface area contributed by atoms with Gasteiger partial charge in [0.25, 0.3) is 0 Å². The minimum absolute atomic E-state index is 0.0912. The van der Waals surface area contributed by atoms with Crippen molar-refractivity contribution in [3.05, 3.63) is 71.9 Å². The van der Waals surface area contributed by atoms with E-state index >= 15 is 0 Å². The molecule has 0 saturated carbocycles. The molecule has 3 N–H and O–H groups in total. The molecular formula is C18H15N3O3. The van der Waals surface area contributed by atoms with Crippen LogP contribution in [0.5, 0.6) is 0 Å². The van der Waals surface area contributed by atoms with E-state index in [4.69, 9.17) is 10.3 Å². The summed E-state index contributed by atoms with van der Waals surface area (Å²) in [5.41, 5.74) is 7.58. The molecule has 0 atom stereocenters. The Morgan fingerprint density at radius 2 is 1.75 bits per heavy atom. The highest BCUT2D eigenvalue weighted by Crippen LogP contribution is 2.20. The second-order valence-corrected chi connectivity index (χ2v) is 5.22. The quantitative estimate of drug-likeness (QED) is 0.754. The predicted molar refractivity (Wildman–Crippen MR) is 89.2 cm³/mol. The SMILES string of the molecule is NC(=O)c1ccc(NC(=O)Cc2cc(-c3ccccc3)on2)cc1. The normalized spacial score (nSPS) is 10.3. The molecule has 0 unspecified atom stereocenters. The molecule has 0 spiro atoms. The second-order valence-electron chi connectivity index (χ2n) is 5.22. The molecular weight excluding hydrogens is 306 g/mol. The van der Waals surface area contributed by atoms with Crippen molar-refractivity contribution in [1.82, 2.24) is 5.16 Å². The lowest BCUT2D eigenvalue weighted by Gasteiger charge is -2.04. The predicted octanol–water partition coefficient (Wildman–Crippen LogP) is 2.62. The van der Waals surface area contributed by atoms with E-state index in [-0.39, 0.29) is 12.3 Å². The lowest BCUT2D eigenvalue weighted by molar-refractivity contribution is -0.115. The molecule has 0 saturated heterocycles. The van der Waals surface area contributed by atoms with Crippen LogP contribution in [-0.4, -0.2) is 17.0 Å². The Morgan fingerprint density at radius 3 is 2.42 bits per heavy atom. The van der Waals surface area contributed by atoms with Gasteiger partial charge in [0.1, 0.15) is 0 Å². The molecule has 24 heavy (non-hydrogen) atoms. The molecule has 2 amide bonds. The van der Waals surface area contributed by atoms with Crippen molar-refractivity contribution in [1.29, 1.82) is 0 Å². The van der Waals surface area contributed by atoms with Gasteiger partial charge >= 0.3 is 0 Å². The van der Waals surface area contributed by atoms with Crippen molar-refractivity contribution >= 4 is 17.5 Å². The highest BCUT2D eigenvalue weighted by molar-refractivity contribution is 5.95. The van der Waals surface area contributed by atoms with E-state index in [1.165, 1.54) is 0 Å². The third-order valence-corrected chi connectivity index (χ3v) is 3.41. The molecule has 1 heterocycles. The van der Waals surface area contributed by atoms with E-state index in [9.17, 15) is 9.59 Å². The van der Waals surface area contributed by atoms with Gasteiger partial charge < -0.3 is 15.6 Å². The first-order valence-electron chi connectivity index (χ1n) is 7.32. The average molecular weight is 321 g/mol. The molecule has 0 radical (unpaired) electrons. The summed E-state index contributed by atoms with van der Waals surface area (Å²) < 4.78 is 5.26. The maximum absolute atomic E-state index is 12.1. The Kier molecular flexibility index (Phi) is 4.38. The largest absolute Gasteiger partial charge is 0.366 e. The van der Waals surface area contributed by atoms with Crippen LogP contribution in [0.25, 0.3) is 11.3 Å². The van der Waals surface area contributed by atoms with Crippen LogP contribution < -0.4 is 11.1 Å². The van der Waals surface area contributed by atoms with Crippen LogP contribution in [0, 0.1) is 0 Å². The number of rotatable bonds is 5. The zero-order chi connectivity index (χ0) is 16.9. The molecule has 120 valence electrons. The zero-order valence-electron chi connectivity index (χ0n) is 12.7. The summed E-state index contributed by atoms with van der Waals surface area (Å²) in [6.07, 6.45) is 0.0912. The van der Waals surface area contributed by atoms with E-state index < -0.39 is 5.91 Å². The van der Waals surface area contributed by atoms with Crippen molar-refractivity contribution in [2.45, 2.75) is 6.42 Å². The van der Waals surface area contributed by atoms with Gasteiger partial charge in [-0.05, 0) is 24.3 Å². The standard InChI is InChI=1S/C18H15N3O3/c19-18(23)13-6-8-14(9-7-13)20-17(22)11-15-10-16(24-21-15)12-4-2-1-3-5-12/h1-10H,11H2,(H2,19,23)(H,20,22). The molecule has 3 rings (SSSR count). The lowest BCUT2D eigenvalue weighted by Crippen LogP contribution is -2.15. The molecule has 6 nitrogen and oxygen atoms in total. The minimum atomic E-state index is -0.510. The summed E-state index contributed by atoms with van der Waals surface area (Å²) in [6, 6.07) is 17.6. The third-order valence-electron chi connectivity index (χ3n) is 3.41. The summed E-state index contributed by atoms with van der Waals surface area (Å²) in [5.74, 6) is -0.122. The van der Waals surface area contributed by atoms with Crippen LogP contribution in [0.2, 0.25) is 0 Å². The summed E-state index contributed by atoms with van der Waals surface area (Å²) in [4.78, 5) is 23.1. The molecule has 2 aromatic carbocycles. The summed E-state index contributed by atoms with van der Waals surface area (Å²) in [5, 5.41) is 6.65. The number of nitrogens with one attached hydrogen (secondary N) is 1. The fourth-order valence-corrected chi connectivity index (χ4v) is 2.22. The van der Waals surface area contributed by atoms with Crippen LogP contribution in [0.15, 0.2) is 65.2 Å². The van der Waals surface area contributed by atoms with E-state index in [0.717, 1.165) is 5.56 Å².